The SMILES string of the molecule is O=c1c(O)c2oc3ccc4cc(S(=O)(=O)[O-])ccc4c3[nH+]c-2c2ccccc12. The molecule has 138 valence electrons. The highest BCUT2D eigenvalue weighted by molar-refractivity contribution is 7.85. The van der Waals surface area contributed by atoms with Crippen molar-refractivity contribution in [2.75, 3.05) is 0 Å². The number of aromatic amines is 1. The Kier molecular flexibility index (Phi) is 3.28. The number of rotatable bonds is 1. The van der Waals surface area contributed by atoms with Crippen LogP contribution in [0.15, 0.2) is 68.7 Å². The van der Waals surface area contributed by atoms with Gasteiger partial charge < -0.3 is 14.1 Å². The van der Waals surface area contributed by atoms with E-state index in [1.807, 2.05) is 0 Å². The van der Waals surface area contributed by atoms with Gasteiger partial charge in [0, 0.05) is 5.39 Å². The molecule has 7 nitrogen and oxygen atoms in total. The number of nitrogens with one attached hydrogen (secondary N) is 1. The van der Waals surface area contributed by atoms with Crippen LogP contribution < -0.4 is 10.4 Å². The Balaban J connectivity index is 1.97. The van der Waals surface area contributed by atoms with Gasteiger partial charge in [0.2, 0.25) is 16.9 Å². The molecule has 3 aromatic carbocycles. The van der Waals surface area contributed by atoms with E-state index in [0.29, 0.717) is 38.3 Å². The summed E-state index contributed by atoms with van der Waals surface area (Å²) in [6, 6.07) is 14.1. The maximum absolute atomic E-state index is 12.4. The zero-order chi connectivity index (χ0) is 19.6. The Morgan fingerprint density at radius 2 is 1.71 bits per heavy atom. The van der Waals surface area contributed by atoms with Gasteiger partial charge in [-0.3, -0.25) is 4.79 Å². The van der Waals surface area contributed by atoms with Gasteiger partial charge in [0.15, 0.2) is 5.58 Å². The molecule has 0 unspecified atom stereocenters. The molecule has 1 aliphatic carbocycles. The zero-order valence-corrected chi connectivity index (χ0v) is 14.9. The molecule has 0 amide bonds. The summed E-state index contributed by atoms with van der Waals surface area (Å²) in [6.45, 7) is 0. The number of H-pyrrole nitrogens is 1. The summed E-state index contributed by atoms with van der Waals surface area (Å²) in [7, 11) is -4.57. The van der Waals surface area contributed by atoms with E-state index in [-0.39, 0.29) is 10.7 Å². The van der Waals surface area contributed by atoms with E-state index in [1.54, 1.807) is 36.4 Å². The van der Waals surface area contributed by atoms with Crippen LogP contribution in [0.1, 0.15) is 0 Å². The van der Waals surface area contributed by atoms with Crippen LogP contribution in [0.4, 0.5) is 0 Å². The van der Waals surface area contributed by atoms with Crippen LogP contribution in [0.2, 0.25) is 0 Å². The van der Waals surface area contributed by atoms with Gasteiger partial charge >= 0.3 is 0 Å². The largest absolute Gasteiger partial charge is 0.744 e. The molecule has 0 spiro atoms. The molecular weight excluding hydrogens is 382 g/mol. The van der Waals surface area contributed by atoms with Crippen molar-refractivity contribution in [1.29, 1.82) is 0 Å². The number of fused-ring (bicyclic) bond motifs is 6. The lowest BCUT2D eigenvalue weighted by Crippen LogP contribution is -2.15. The standard InChI is InChI=1S/C20H11NO6S/c22-18-14-4-2-1-3-13(14)17-20(19(18)23)27-15-8-5-10-9-11(28(24,25)26)6-7-12(10)16(15)21-17/h1-9,23H,(H,24,25,26). The number of hydrogen-bond donors (Lipinski definition) is 1. The van der Waals surface area contributed by atoms with Gasteiger partial charge in [0.05, 0.1) is 15.7 Å². The minimum absolute atomic E-state index is 0.0364. The normalized spacial score (nSPS) is 12.3. The Morgan fingerprint density at radius 1 is 0.964 bits per heavy atom. The van der Waals surface area contributed by atoms with E-state index in [1.165, 1.54) is 18.2 Å². The molecule has 5 rings (SSSR count). The molecule has 2 N–H and O–H groups in total. The first-order chi connectivity index (χ1) is 13.3. The van der Waals surface area contributed by atoms with Gasteiger partial charge in [0.25, 0.3) is 11.2 Å². The van der Waals surface area contributed by atoms with Gasteiger partial charge in [-0.15, -0.1) is 0 Å². The fraction of sp³-hybridized carbons (Fsp3) is 0. The topological polar surface area (TPSA) is 122 Å². The molecule has 0 bridgehead atoms. The maximum atomic E-state index is 12.4. The number of aromatic nitrogens is 1. The van der Waals surface area contributed by atoms with Crippen LogP contribution in [0.3, 0.4) is 0 Å². The van der Waals surface area contributed by atoms with Crippen molar-refractivity contribution in [3.8, 4) is 17.2 Å². The quantitative estimate of drug-likeness (QED) is 0.265. The number of phenolic OH excluding ortho intramolecular Hbond substituents is 1. The van der Waals surface area contributed by atoms with Crippen molar-refractivity contribution in [3.05, 3.63) is 64.8 Å². The molecule has 0 fully saturated rings. The smallest absolute Gasteiger partial charge is 0.259 e. The summed E-state index contributed by atoms with van der Waals surface area (Å²) in [6.07, 6.45) is 0. The van der Waals surface area contributed by atoms with E-state index in [0.717, 1.165) is 0 Å². The Bertz CT molecular complexity index is 1570. The van der Waals surface area contributed by atoms with Crippen molar-refractivity contribution in [1.82, 2.24) is 0 Å². The van der Waals surface area contributed by atoms with Gasteiger partial charge in [-0.25, -0.2) is 8.42 Å². The third kappa shape index (κ3) is 2.29. The zero-order valence-electron chi connectivity index (χ0n) is 14.1. The second kappa shape index (κ2) is 5.51. The summed E-state index contributed by atoms with van der Waals surface area (Å²) in [4.78, 5) is 15.3. The molecule has 0 atom stereocenters. The molecular formula is C20H11NO6S. The molecule has 28 heavy (non-hydrogen) atoms. The van der Waals surface area contributed by atoms with E-state index in [2.05, 4.69) is 4.98 Å². The molecule has 0 aromatic heterocycles. The highest BCUT2D eigenvalue weighted by atomic mass is 32.2. The molecule has 0 radical (unpaired) electrons. The first-order valence-electron chi connectivity index (χ1n) is 8.27. The van der Waals surface area contributed by atoms with Crippen LogP contribution in [0, 0.1) is 0 Å². The minimum Gasteiger partial charge on any atom is -0.744 e. The fourth-order valence-corrected chi connectivity index (χ4v) is 3.99. The van der Waals surface area contributed by atoms with Crippen LogP contribution in [-0.4, -0.2) is 18.1 Å². The van der Waals surface area contributed by atoms with Gasteiger partial charge in [-0.2, -0.15) is 4.98 Å². The summed E-state index contributed by atoms with van der Waals surface area (Å²) in [5.41, 5.74) is 0.824. The van der Waals surface area contributed by atoms with Gasteiger partial charge in [-0.1, -0.05) is 24.3 Å². The third-order valence-electron chi connectivity index (χ3n) is 4.80. The van der Waals surface area contributed by atoms with Crippen LogP contribution in [0.5, 0.6) is 5.75 Å². The molecule has 1 aliphatic heterocycles. The predicted molar refractivity (Wildman–Crippen MR) is 100 cm³/mol. The van der Waals surface area contributed by atoms with Crippen LogP contribution >= 0.6 is 0 Å². The van der Waals surface area contributed by atoms with E-state index in [4.69, 9.17) is 4.42 Å². The summed E-state index contributed by atoms with van der Waals surface area (Å²) < 4.78 is 39.7. The second-order valence-corrected chi connectivity index (χ2v) is 7.81. The number of aromatic hydroxyl groups is 1. The fourth-order valence-electron chi connectivity index (χ4n) is 3.49. The van der Waals surface area contributed by atoms with Crippen LogP contribution in [0.25, 0.3) is 44.1 Å². The lowest BCUT2D eigenvalue weighted by Gasteiger charge is -2.09. The van der Waals surface area contributed by atoms with Crippen molar-refractivity contribution in [2.24, 2.45) is 0 Å². The predicted octanol–water partition coefficient (Wildman–Crippen LogP) is 2.63. The highest BCUT2D eigenvalue weighted by Gasteiger charge is 2.27. The average molecular weight is 393 g/mol. The van der Waals surface area contributed by atoms with Crippen molar-refractivity contribution < 1.29 is 27.5 Å². The molecule has 8 heteroatoms. The molecule has 3 aromatic rings. The molecule has 0 saturated heterocycles. The monoisotopic (exact) mass is 393 g/mol. The summed E-state index contributed by atoms with van der Waals surface area (Å²) >= 11 is 0. The third-order valence-corrected chi connectivity index (χ3v) is 5.63. The van der Waals surface area contributed by atoms with E-state index in [9.17, 15) is 22.9 Å². The first kappa shape index (κ1) is 16.7. The van der Waals surface area contributed by atoms with Crippen LogP contribution in [-0.2, 0) is 10.1 Å². The highest BCUT2D eigenvalue weighted by Crippen LogP contribution is 2.35. The van der Waals surface area contributed by atoms with Crippen molar-refractivity contribution in [3.63, 3.8) is 0 Å². The average Bonchev–Trinajstić information content (AvgIpc) is 2.69. The number of benzene rings is 4. The minimum atomic E-state index is -4.57. The summed E-state index contributed by atoms with van der Waals surface area (Å²) in [5.74, 6) is -0.450. The number of phenols is 1. The first-order valence-corrected chi connectivity index (χ1v) is 9.67. The Hall–Kier alpha value is -3.49. The Morgan fingerprint density at radius 3 is 2.46 bits per heavy atom. The Labute approximate surface area is 157 Å². The van der Waals surface area contributed by atoms with E-state index >= 15 is 0 Å². The van der Waals surface area contributed by atoms with Gasteiger partial charge in [-0.05, 0) is 35.7 Å². The van der Waals surface area contributed by atoms with Crippen molar-refractivity contribution in [2.45, 2.75) is 4.90 Å². The lowest BCUT2D eigenvalue weighted by molar-refractivity contribution is -0.331. The van der Waals surface area contributed by atoms with E-state index < -0.39 is 21.3 Å². The van der Waals surface area contributed by atoms with Crippen molar-refractivity contribution >= 4 is 42.8 Å². The molecule has 1 heterocycles. The molecule has 0 saturated carbocycles. The maximum Gasteiger partial charge on any atom is 0.259 e. The van der Waals surface area contributed by atoms with Gasteiger partial charge in [0.1, 0.15) is 10.1 Å². The molecule has 2 aliphatic rings. The summed E-state index contributed by atoms with van der Waals surface area (Å²) in [5, 5.41) is 12.4. The lowest BCUT2D eigenvalue weighted by atomic mass is 10.0. The number of hydrogen-bond acceptors (Lipinski definition) is 6. The second-order valence-electron chi connectivity index (χ2n) is 6.43.